The Bertz CT molecular complexity index is 1460. The Morgan fingerprint density at radius 3 is 2.02 bits per heavy atom. The van der Waals surface area contributed by atoms with E-state index in [1.54, 1.807) is 50.5 Å². The van der Waals surface area contributed by atoms with Gasteiger partial charge < -0.3 is 24.4 Å². The lowest BCUT2D eigenvalue weighted by molar-refractivity contribution is -0.140. The number of methoxy groups -OCH3 is 3. The molecule has 1 N–H and O–H groups in total. The fourth-order valence-electron chi connectivity index (χ4n) is 4.66. The van der Waals surface area contributed by atoms with Crippen molar-refractivity contribution in [3.8, 4) is 17.2 Å². The quantitative estimate of drug-likeness (QED) is 0.212. The van der Waals surface area contributed by atoms with Crippen LogP contribution in [0.5, 0.6) is 17.2 Å². The highest BCUT2D eigenvalue weighted by Crippen LogP contribution is 2.28. The number of carbonyl (C=O) groups is 2. The molecule has 4 aromatic rings. The molecule has 0 aromatic heterocycles. The van der Waals surface area contributed by atoms with Gasteiger partial charge in [-0.05, 0) is 58.7 Å². The summed E-state index contributed by atoms with van der Waals surface area (Å²) in [4.78, 5) is 29.6. The molecular weight excluding hydrogens is 552 g/mol. The zero-order valence-electron chi connectivity index (χ0n) is 24.0. The van der Waals surface area contributed by atoms with E-state index in [9.17, 15) is 9.59 Å². The van der Waals surface area contributed by atoms with Gasteiger partial charge in [-0.25, -0.2) is 0 Å². The monoisotopic (exact) mass is 586 g/mol. The maximum atomic E-state index is 14.1. The topological polar surface area (TPSA) is 77.1 Å². The van der Waals surface area contributed by atoms with Gasteiger partial charge in [0.2, 0.25) is 11.8 Å². The molecule has 42 heavy (non-hydrogen) atoms. The summed E-state index contributed by atoms with van der Waals surface area (Å²) < 4.78 is 16.1. The van der Waals surface area contributed by atoms with Crippen molar-refractivity contribution in [2.45, 2.75) is 32.0 Å². The van der Waals surface area contributed by atoms with E-state index in [0.29, 0.717) is 35.2 Å². The van der Waals surface area contributed by atoms with Gasteiger partial charge in [-0.15, -0.1) is 0 Å². The van der Waals surface area contributed by atoms with Crippen LogP contribution < -0.4 is 19.5 Å². The first-order valence-electron chi connectivity index (χ1n) is 13.6. The Kier molecular flexibility index (Phi) is 10.8. The fourth-order valence-corrected chi connectivity index (χ4v) is 4.78. The highest BCUT2D eigenvalue weighted by molar-refractivity contribution is 6.30. The van der Waals surface area contributed by atoms with Crippen LogP contribution in [-0.4, -0.2) is 44.1 Å². The first-order chi connectivity index (χ1) is 20.4. The smallest absolute Gasteiger partial charge is 0.243 e. The van der Waals surface area contributed by atoms with Gasteiger partial charge in [0.1, 0.15) is 11.8 Å². The number of nitrogens with one attached hydrogen (secondary N) is 1. The van der Waals surface area contributed by atoms with Gasteiger partial charge in [-0.1, -0.05) is 72.3 Å². The lowest BCUT2D eigenvalue weighted by Crippen LogP contribution is -2.50. The number of hydrogen-bond acceptors (Lipinski definition) is 5. The zero-order valence-corrected chi connectivity index (χ0v) is 24.8. The zero-order chi connectivity index (χ0) is 29.9. The molecule has 4 rings (SSSR count). The molecule has 0 radical (unpaired) electrons. The molecular formula is C34H35ClN2O5. The normalized spacial score (nSPS) is 11.3. The SMILES string of the molecule is COc1ccc(CN(C(=O)Cc2ccc(OC)c(OC)c2)[C@H](Cc2ccccc2)C(=O)NCc2ccc(Cl)cc2)cc1. The molecule has 0 fully saturated rings. The van der Waals surface area contributed by atoms with Gasteiger partial charge in [0, 0.05) is 24.5 Å². The van der Waals surface area contributed by atoms with E-state index < -0.39 is 6.04 Å². The number of halogens is 1. The molecule has 2 amide bonds. The summed E-state index contributed by atoms with van der Waals surface area (Å²) in [5, 5.41) is 3.67. The van der Waals surface area contributed by atoms with Crippen molar-refractivity contribution in [1.82, 2.24) is 10.2 Å². The van der Waals surface area contributed by atoms with Gasteiger partial charge in [-0.2, -0.15) is 0 Å². The van der Waals surface area contributed by atoms with E-state index in [4.69, 9.17) is 25.8 Å². The molecule has 1 atom stereocenters. The van der Waals surface area contributed by atoms with E-state index in [1.807, 2.05) is 72.8 Å². The number of ether oxygens (including phenoxy) is 3. The second kappa shape index (κ2) is 14.9. The minimum Gasteiger partial charge on any atom is -0.497 e. The van der Waals surface area contributed by atoms with Crippen LogP contribution in [0.4, 0.5) is 0 Å². The summed E-state index contributed by atoms with van der Waals surface area (Å²) in [7, 11) is 4.73. The first-order valence-corrected chi connectivity index (χ1v) is 14.0. The van der Waals surface area contributed by atoms with E-state index in [0.717, 1.165) is 22.3 Å². The molecule has 8 heteroatoms. The average Bonchev–Trinajstić information content (AvgIpc) is 3.03. The van der Waals surface area contributed by atoms with Crippen molar-refractivity contribution >= 4 is 23.4 Å². The van der Waals surface area contributed by atoms with Gasteiger partial charge in [0.15, 0.2) is 11.5 Å². The minimum atomic E-state index is -0.769. The molecule has 0 aliphatic rings. The molecule has 0 heterocycles. The van der Waals surface area contributed by atoms with Crippen LogP contribution in [0.15, 0.2) is 97.1 Å². The average molecular weight is 587 g/mol. The Balaban J connectivity index is 1.66. The summed E-state index contributed by atoms with van der Waals surface area (Å²) in [6.07, 6.45) is 0.424. The molecule has 0 spiro atoms. The number of rotatable bonds is 13. The molecule has 0 saturated heterocycles. The third-order valence-corrected chi connectivity index (χ3v) is 7.22. The highest BCUT2D eigenvalue weighted by Gasteiger charge is 2.30. The summed E-state index contributed by atoms with van der Waals surface area (Å²) in [5.41, 5.74) is 3.48. The maximum absolute atomic E-state index is 14.1. The van der Waals surface area contributed by atoms with Crippen LogP contribution in [0.25, 0.3) is 0 Å². The first kappa shape index (κ1) is 30.5. The summed E-state index contributed by atoms with van der Waals surface area (Å²) >= 11 is 6.04. The van der Waals surface area contributed by atoms with Crippen LogP contribution in [0.1, 0.15) is 22.3 Å². The minimum absolute atomic E-state index is 0.0757. The Morgan fingerprint density at radius 2 is 1.38 bits per heavy atom. The van der Waals surface area contributed by atoms with Crippen LogP contribution in [0.3, 0.4) is 0 Å². The molecule has 0 aliphatic heterocycles. The Morgan fingerprint density at radius 1 is 0.738 bits per heavy atom. The summed E-state index contributed by atoms with van der Waals surface area (Å²) in [6.45, 7) is 0.545. The van der Waals surface area contributed by atoms with Crippen LogP contribution in [-0.2, 0) is 35.5 Å². The van der Waals surface area contributed by atoms with Crippen molar-refractivity contribution in [1.29, 1.82) is 0 Å². The lowest BCUT2D eigenvalue weighted by atomic mass is 10.0. The summed E-state index contributed by atoms with van der Waals surface area (Å²) in [5.74, 6) is 1.38. The van der Waals surface area contributed by atoms with E-state index in [-0.39, 0.29) is 24.8 Å². The lowest BCUT2D eigenvalue weighted by Gasteiger charge is -2.32. The molecule has 4 aromatic carbocycles. The van der Waals surface area contributed by atoms with Crippen molar-refractivity contribution < 1.29 is 23.8 Å². The number of carbonyl (C=O) groups excluding carboxylic acids is 2. The molecule has 0 unspecified atom stereocenters. The van der Waals surface area contributed by atoms with Crippen molar-refractivity contribution in [3.05, 3.63) is 124 Å². The van der Waals surface area contributed by atoms with Crippen LogP contribution in [0, 0.1) is 0 Å². The van der Waals surface area contributed by atoms with E-state index >= 15 is 0 Å². The third kappa shape index (κ3) is 8.27. The van der Waals surface area contributed by atoms with Gasteiger partial charge in [0.25, 0.3) is 0 Å². The maximum Gasteiger partial charge on any atom is 0.243 e. The number of benzene rings is 4. The molecule has 0 saturated carbocycles. The largest absolute Gasteiger partial charge is 0.497 e. The fraction of sp³-hybridized carbons (Fsp3) is 0.235. The molecule has 0 bridgehead atoms. The molecule has 7 nitrogen and oxygen atoms in total. The number of nitrogens with zero attached hydrogens (tertiary/aromatic N) is 1. The Labute approximate surface area is 252 Å². The van der Waals surface area contributed by atoms with Crippen LogP contribution in [0.2, 0.25) is 5.02 Å². The Hall–Kier alpha value is -4.49. The van der Waals surface area contributed by atoms with E-state index in [1.165, 1.54) is 0 Å². The third-order valence-electron chi connectivity index (χ3n) is 6.97. The molecule has 0 aliphatic carbocycles. The van der Waals surface area contributed by atoms with Crippen molar-refractivity contribution in [2.24, 2.45) is 0 Å². The molecule has 218 valence electrons. The van der Waals surface area contributed by atoms with Gasteiger partial charge in [0.05, 0.1) is 27.8 Å². The standard InChI is InChI=1S/C34H35ClN2O5/c1-40-29-16-11-26(12-17-29)23-37(33(38)21-27-13-18-31(41-2)32(20-27)42-3)30(19-24-7-5-4-6-8-24)34(39)36-22-25-9-14-28(35)15-10-25/h4-18,20,30H,19,21-23H2,1-3H3,(H,36,39)/t30-/m1/s1. The van der Waals surface area contributed by atoms with Gasteiger partial charge >= 0.3 is 0 Å². The predicted octanol–water partition coefficient (Wildman–Crippen LogP) is 5.86. The van der Waals surface area contributed by atoms with Crippen molar-refractivity contribution in [3.63, 3.8) is 0 Å². The van der Waals surface area contributed by atoms with E-state index in [2.05, 4.69) is 5.32 Å². The van der Waals surface area contributed by atoms with Crippen molar-refractivity contribution in [2.75, 3.05) is 21.3 Å². The number of amides is 2. The van der Waals surface area contributed by atoms with Gasteiger partial charge in [-0.3, -0.25) is 9.59 Å². The highest BCUT2D eigenvalue weighted by atomic mass is 35.5. The predicted molar refractivity (Wildman–Crippen MR) is 164 cm³/mol. The number of hydrogen-bond donors (Lipinski definition) is 1. The second-order valence-corrected chi connectivity index (χ2v) is 10.2. The summed E-state index contributed by atoms with van der Waals surface area (Å²) in [6, 6.07) is 29.1. The second-order valence-electron chi connectivity index (χ2n) is 9.79. The van der Waals surface area contributed by atoms with Crippen LogP contribution >= 0.6 is 11.6 Å².